The van der Waals surface area contributed by atoms with Crippen molar-refractivity contribution in [2.45, 2.75) is 0 Å². The van der Waals surface area contributed by atoms with E-state index in [0.717, 1.165) is 0 Å². The minimum Gasteiger partial charge on any atom is -0.494 e. The number of methoxy groups -OCH3 is 1. The maximum Gasteiger partial charge on any atom is 0.341 e. The van der Waals surface area contributed by atoms with Crippen LogP contribution in [0.1, 0.15) is 14.5 Å². The zero-order valence-corrected chi connectivity index (χ0v) is 7.69. The molecule has 0 fully saturated rings. The second-order valence-electron chi connectivity index (χ2n) is 2.14. The highest BCUT2D eigenvalue weighted by molar-refractivity contribution is 6.36. The number of halogens is 2. The largest absolute Gasteiger partial charge is 0.494 e. The molecule has 0 spiro atoms. The van der Waals surface area contributed by atoms with Gasteiger partial charge in [-0.25, -0.2) is 4.79 Å². The van der Waals surface area contributed by atoms with E-state index in [2.05, 4.69) is 4.74 Å². The van der Waals surface area contributed by atoms with Crippen molar-refractivity contribution < 1.29 is 18.8 Å². The molecule has 1 N–H and O–H groups in total. The molecule has 13 heavy (non-hydrogen) atoms. The summed E-state index contributed by atoms with van der Waals surface area (Å²) in [4.78, 5) is 10.9. The highest BCUT2D eigenvalue weighted by Crippen LogP contribution is 2.33. The van der Waals surface area contributed by atoms with Gasteiger partial charge in [-0.2, -0.15) is 0 Å². The maximum absolute atomic E-state index is 10.9. The molecule has 1 aromatic carbocycles. The van der Waals surface area contributed by atoms with Gasteiger partial charge in [0.25, 0.3) is 0 Å². The van der Waals surface area contributed by atoms with Crippen LogP contribution in [0, 0.1) is 0 Å². The number of carboxylic acid groups (broad SMARTS) is 1. The Morgan fingerprint density at radius 1 is 1.54 bits per heavy atom. The lowest BCUT2D eigenvalue weighted by atomic mass is 10.2. The van der Waals surface area contributed by atoms with Crippen LogP contribution in [0.2, 0.25) is 10.0 Å². The number of ether oxygens (including phenoxy) is 1. The van der Waals surface area contributed by atoms with Gasteiger partial charge in [0.05, 0.1) is 21.2 Å². The van der Waals surface area contributed by atoms with Crippen LogP contribution in [0.4, 0.5) is 0 Å². The number of carbonyl (C=O) groups is 1. The van der Waals surface area contributed by atoms with Crippen LogP contribution in [-0.2, 0) is 0 Å². The molecule has 0 saturated heterocycles. The van der Waals surface area contributed by atoms with Gasteiger partial charge >= 0.3 is 5.97 Å². The van der Waals surface area contributed by atoms with Crippen molar-refractivity contribution >= 4 is 29.2 Å². The van der Waals surface area contributed by atoms with E-state index in [1.54, 1.807) is 0 Å². The van der Waals surface area contributed by atoms with Crippen LogP contribution in [0.25, 0.3) is 0 Å². The fourth-order valence-electron chi connectivity index (χ4n) is 0.832. The number of aromatic carboxylic acids is 1. The first-order chi connectivity index (χ1) is 7.22. The second kappa shape index (κ2) is 3.85. The van der Waals surface area contributed by atoms with Gasteiger partial charge in [-0.1, -0.05) is 23.2 Å². The van der Waals surface area contributed by atoms with Gasteiger partial charge in [0.1, 0.15) is 5.56 Å². The lowest BCUT2D eigenvalue weighted by Gasteiger charge is -2.07. The Balaban J connectivity index is 3.35. The van der Waals surface area contributed by atoms with E-state index in [1.165, 1.54) is 12.1 Å². The summed E-state index contributed by atoms with van der Waals surface area (Å²) < 4.78 is 25.2. The third-order valence-corrected chi connectivity index (χ3v) is 1.99. The lowest BCUT2D eigenvalue weighted by Crippen LogP contribution is -2.01. The molecule has 0 aliphatic heterocycles. The van der Waals surface area contributed by atoms with Crippen LogP contribution in [-0.4, -0.2) is 18.1 Å². The van der Waals surface area contributed by atoms with Crippen molar-refractivity contribution in [2.75, 3.05) is 7.04 Å². The number of carboxylic acids is 1. The Bertz CT molecular complexity index is 431. The van der Waals surface area contributed by atoms with Gasteiger partial charge in [-0.05, 0) is 12.1 Å². The minimum absolute atomic E-state index is 0.127. The first-order valence-corrected chi connectivity index (χ1v) is 3.88. The molecule has 0 aliphatic carbocycles. The fraction of sp³-hybridized carbons (Fsp3) is 0.125. The van der Waals surface area contributed by atoms with Crippen molar-refractivity contribution in [3.8, 4) is 5.75 Å². The summed E-state index contributed by atoms with van der Waals surface area (Å²) in [5.74, 6) is -1.87. The third kappa shape index (κ3) is 1.87. The summed E-state index contributed by atoms with van der Waals surface area (Å²) in [5, 5.41) is 8.59. The van der Waals surface area contributed by atoms with E-state index in [4.69, 9.17) is 32.4 Å². The Hall–Kier alpha value is -0.930. The lowest BCUT2D eigenvalue weighted by molar-refractivity contribution is 0.0693. The number of rotatable bonds is 2. The van der Waals surface area contributed by atoms with Crippen molar-refractivity contribution in [3.63, 3.8) is 0 Å². The van der Waals surface area contributed by atoms with Crippen LogP contribution in [0.5, 0.6) is 5.75 Å². The van der Waals surface area contributed by atoms with E-state index in [9.17, 15) is 4.79 Å². The zero-order valence-electron chi connectivity index (χ0n) is 9.17. The molecule has 70 valence electrons. The van der Waals surface area contributed by atoms with Crippen molar-refractivity contribution in [3.05, 3.63) is 27.7 Å². The SMILES string of the molecule is [2H]C([2H])([2H])Oc1c(Cl)ccc(Cl)c1C(=O)O. The van der Waals surface area contributed by atoms with Crippen molar-refractivity contribution in [1.29, 1.82) is 0 Å². The normalized spacial score (nSPS) is 14.2. The molecule has 0 bridgehead atoms. The quantitative estimate of drug-likeness (QED) is 0.839. The highest BCUT2D eigenvalue weighted by Gasteiger charge is 2.17. The van der Waals surface area contributed by atoms with E-state index in [0.29, 0.717) is 0 Å². The molecule has 0 amide bonds. The molecular weight excluding hydrogens is 215 g/mol. The van der Waals surface area contributed by atoms with E-state index >= 15 is 0 Å². The Labute approximate surface area is 89.1 Å². The van der Waals surface area contributed by atoms with Crippen molar-refractivity contribution in [1.82, 2.24) is 0 Å². The van der Waals surface area contributed by atoms with Gasteiger partial charge < -0.3 is 9.84 Å². The van der Waals surface area contributed by atoms with E-state index in [1.807, 2.05) is 0 Å². The minimum atomic E-state index is -2.79. The van der Waals surface area contributed by atoms with Gasteiger partial charge in [-0.3, -0.25) is 0 Å². The van der Waals surface area contributed by atoms with Crippen LogP contribution in [0.3, 0.4) is 0 Å². The van der Waals surface area contributed by atoms with Gasteiger partial charge in [0.2, 0.25) is 0 Å². The first-order valence-electron chi connectivity index (χ1n) is 4.62. The first kappa shape index (κ1) is 6.51. The number of hydrogen-bond acceptors (Lipinski definition) is 2. The fourth-order valence-corrected chi connectivity index (χ4v) is 1.26. The summed E-state index contributed by atoms with van der Waals surface area (Å²) in [6, 6.07) is 2.51. The summed E-state index contributed by atoms with van der Waals surface area (Å²) >= 11 is 11.3. The molecule has 0 atom stereocenters. The molecule has 3 nitrogen and oxygen atoms in total. The topological polar surface area (TPSA) is 46.5 Å². The molecule has 5 heteroatoms. The molecule has 0 heterocycles. The summed E-state index contributed by atoms with van der Waals surface area (Å²) in [7, 11) is -2.79. The second-order valence-corrected chi connectivity index (χ2v) is 2.95. The average molecular weight is 224 g/mol. The molecule has 0 aromatic heterocycles. The van der Waals surface area contributed by atoms with Gasteiger partial charge in [-0.15, -0.1) is 0 Å². The Morgan fingerprint density at radius 3 is 2.69 bits per heavy atom. The van der Waals surface area contributed by atoms with E-state index < -0.39 is 24.3 Å². The van der Waals surface area contributed by atoms with Gasteiger partial charge in [0.15, 0.2) is 5.75 Å². The number of hydrogen-bond donors (Lipinski definition) is 1. The molecule has 1 aromatic rings. The average Bonchev–Trinajstić information content (AvgIpc) is 2.08. The predicted octanol–water partition coefficient (Wildman–Crippen LogP) is 2.70. The zero-order chi connectivity index (χ0) is 12.5. The molecular formula is C8H6Cl2O3. The summed E-state index contributed by atoms with van der Waals surface area (Å²) in [6.07, 6.45) is 0. The van der Waals surface area contributed by atoms with Gasteiger partial charge in [0, 0.05) is 0 Å². The third-order valence-electron chi connectivity index (χ3n) is 1.37. The molecule has 0 unspecified atom stereocenters. The number of benzene rings is 1. The molecule has 0 radical (unpaired) electrons. The summed E-state index contributed by atoms with van der Waals surface area (Å²) in [6.45, 7) is 0. The monoisotopic (exact) mass is 223 g/mol. The Morgan fingerprint density at radius 2 is 2.15 bits per heavy atom. The van der Waals surface area contributed by atoms with E-state index in [-0.39, 0.29) is 10.0 Å². The molecule has 0 aliphatic rings. The van der Waals surface area contributed by atoms with Crippen LogP contribution in [0.15, 0.2) is 12.1 Å². The van der Waals surface area contributed by atoms with Crippen LogP contribution >= 0.6 is 23.2 Å². The highest BCUT2D eigenvalue weighted by atomic mass is 35.5. The predicted molar refractivity (Wildman–Crippen MR) is 50.0 cm³/mol. The smallest absolute Gasteiger partial charge is 0.341 e. The standard InChI is InChI=1S/C8H6Cl2O3/c1-13-7-5(10)3-2-4(9)6(7)8(11)12/h2-3H,1H3,(H,11,12)/i1D3. The summed E-state index contributed by atoms with van der Waals surface area (Å²) in [5.41, 5.74) is -0.467. The Kier molecular flexibility index (Phi) is 1.93. The maximum atomic E-state index is 10.9. The van der Waals surface area contributed by atoms with Crippen LogP contribution < -0.4 is 4.74 Å². The molecule has 1 rings (SSSR count). The van der Waals surface area contributed by atoms with Crippen molar-refractivity contribution in [2.24, 2.45) is 0 Å². The molecule has 0 saturated carbocycles.